The van der Waals surface area contributed by atoms with Crippen molar-refractivity contribution in [3.8, 4) is 0 Å². The highest BCUT2D eigenvalue weighted by molar-refractivity contribution is 5.89. The molecule has 3 rings (SSSR count). The lowest BCUT2D eigenvalue weighted by molar-refractivity contribution is 0.207. The molecular weight excluding hydrogens is 374 g/mol. The van der Waals surface area contributed by atoms with Crippen LogP contribution in [-0.4, -0.2) is 22.5 Å². The highest BCUT2D eigenvalue weighted by Gasteiger charge is 2.16. The number of H-pyrrole nitrogens is 1. The van der Waals surface area contributed by atoms with Crippen LogP contribution in [0.25, 0.3) is 10.9 Å². The van der Waals surface area contributed by atoms with Crippen LogP contribution in [0, 0.1) is 13.8 Å². The van der Waals surface area contributed by atoms with Crippen LogP contribution in [0.3, 0.4) is 0 Å². The number of aryl methyl sites for hydroxylation is 2. The molecule has 0 saturated carbocycles. The van der Waals surface area contributed by atoms with E-state index in [9.17, 15) is 9.59 Å². The molecule has 1 aromatic heterocycles. The normalized spacial score (nSPS) is 10.9. The molecule has 0 spiro atoms. The largest absolute Gasteiger partial charge is 0.322 e. The number of para-hydroxylation sites is 1. The highest BCUT2D eigenvalue weighted by atomic mass is 16.2. The summed E-state index contributed by atoms with van der Waals surface area (Å²) in [5.74, 6) is 0. The lowest BCUT2D eigenvalue weighted by atomic mass is 10.0. The van der Waals surface area contributed by atoms with E-state index in [1.54, 1.807) is 4.90 Å². The predicted octanol–water partition coefficient (Wildman–Crippen LogP) is 5.76. The molecule has 0 saturated heterocycles. The summed E-state index contributed by atoms with van der Waals surface area (Å²) < 4.78 is 0. The van der Waals surface area contributed by atoms with Crippen molar-refractivity contribution in [2.45, 2.75) is 53.0 Å². The molecule has 30 heavy (non-hydrogen) atoms. The van der Waals surface area contributed by atoms with Crippen LogP contribution in [0.4, 0.5) is 10.5 Å². The van der Waals surface area contributed by atoms with E-state index in [0.717, 1.165) is 53.4 Å². The van der Waals surface area contributed by atoms with Gasteiger partial charge in [0.25, 0.3) is 5.56 Å². The van der Waals surface area contributed by atoms with Gasteiger partial charge in [-0.3, -0.25) is 4.79 Å². The van der Waals surface area contributed by atoms with Crippen molar-refractivity contribution in [3.63, 3.8) is 0 Å². The van der Waals surface area contributed by atoms with Gasteiger partial charge in [0.15, 0.2) is 0 Å². The molecule has 0 unspecified atom stereocenters. The number of aromatic amines is 1. The topological polar surface area (TPSA) is 65.2 Å². The molecule has 0 atom stereocenters. The molecule has 0 aliphatic heterocycles. The van der Waals surface area contributed by atoms with Crippen molar-refractivity contribution >= 4 is 22.6 Å². The third-order valence-corrected chi connectivity index (χ3v) is 5.58. The number of hydrogen-bond acceptors (Lipinski definition) is 2. The Hall–Kier alpha value is -3.08. The molecule has 0 radical (unpaired) electrons. The van der Waals surface area contributed by atoms with Crippen molar-refractivity contribution < 1.29 is 4.79 Å². The first-order chi connectivity index (χ1) is 14.5. The fourth-order valence-corrected chi connectivity index (χ4v) is 3.60. The molecule has 5 heteroatoms. The third-order valence-electron chi connectivity index (χ3n) is 5.58. The van der Waals surface area contributed by atoms with Gasteiger partial charge in [0.1, 0.15) is 0 Å². The Bertz CT molecular complexity index is 1060. The molecule has 2 aromatic carbocycles. The monoisotopic (exact) mass is 405 g/mol. The minimum atomic E-state index is -0.183. The summed E-state index contributed by atoms with van der Waals surface area (Å²) in [6.45, 7) is 7.11. The van der Waals surface area contributed by atoms with Gasteiger partial charge >= 0.3 is 6.03 Å². The Kier molecular flexibility index (Phi) is 7.28. The number of fused-ring (bicyclic) bond motifs is 1. The summed E-state index contributed by atoms with van der Waals surface area (Å²) in [6.07, 6.45) is 4.26. The second-order valence-corrected chi connectivity index (χ2v) is 7.87. The predicted molar refractivity (Wildman–Crippen MR) is 124 cm³/mol. The zero-order valence-corrected chi connectivity index (χ0v) is 18.1. The van der Waals surface area contributed by atoms with Gasteiger partial charge in [-0.25, -0.2) is 4.79 Å². The zero-order valence-electron chi connectivity index (χ0n) is 18.1. The van der Waals surface area contributed by atoms with Crippen LogP contribution >= 0.6 is 0 Å². The number of benzene rings is 2. The average Bonchev–Trinajstić information content (AvgIpc) is 2.74. The molecule has 2 N–H and O–H groups in total. The lowest BCUT2D eigenvalue weighted by Gasteiger charge is -2.23. The van der Waals surface area contributed by atoms with E-state index in [1.165, 1.54) is 0 Å². The molecule has 0 aliphatic rings. The molecule has 1 heterocycles. The number of aromatic nitrogens is 1. The number of hydrogen-bond donors (Lipinski definition) is 2. The van der Waals surface area contributed by atoms with E-state index < -0.39 is 0 Å². The Morgan fingerprint density at radius 3 is 2.53 bits per heavy atom. The van der Waals surface area contributed by atoms with E-state index in [2.05, 4.69) is 23.3 Å². The average molecular weight is 406 g/mol. The summed E-state index contributed by atoms with van der Waals surface area (Å²) in [7, 11) is 0. The lowest BCUT2D eigenvalue weighted by Crippen LogP contribution is -2.37. The van der Waals surface area contributed by atoms with Crippen LogP contribution < -0.4 is 10.9 Å². The summed E-state index contributed by atoms with van der Waals surface area (Å²) in [6, 6.07) is 15.2. The zero-order chi connectivity index (χ0) is 21.5. The van der Waals surface area contributed by atoms with Crippen LogP contribution in [0.15, 0.2) is 53.3 Å². The summed E-state index contributed by atoms with van der Waals surface area (Å²) in [5.41, 5.74) is 4.30. The van der Waals surface area contributed by atoms with Gasteiger partial charge in [0.2, 0.25) is 0 Å². The molecule has 3 aromatic rings. The van der Waals surface area contributed by atoms with Crippen molar-refractivity contribution in [1.29, 1.82) is 0 Å². The van der Waals surface area contributed by atoms with Crippen molar-refractivity contribution in [2.24, 2.45) is 0 Å². The van der Waals surface area contributed by atoms with E-state index >= 15 is 0 Å². The summed E-state index contributed by atoms with van der Waals surface area (Å²) in [5, 5.41) is 3.94. The molecule has 0 aliphatic carbocycles. The number of urea groups is 1. The molecule has 2 amide bonds. The molecule has 0 fully saturated rings. The van der Waals surface area contributed by atoms with Crippen molar-refractivity contribution in [3.05, 3.63) is 75.6 Å². The fourth-order valence-electron chi connectivity index (χ4n) is 3.60. The van der Waals surface area contributed by atoms with Gasteiger partial charge in [0, 0.05) is 17.8 Å². The van der Waals surface area contributed by atoms with Gasteiger partial charge < -0.3 is 15.2 Å². The maximum atomic E-state index is 13.0. The quantitative estimate of drug-likeness (QED) is 0.468. The SMILES string of the molecule is CCCCCCN(Cc1cc2ccc(C)c(C)c2[nH]c1=O)C(=O)Nc1ccccc1. The molecular formula is C25H31N3O2. The first-order valence-electron chi connectivity index (χ1n) is 10.7. The van der Waals surface area contributed by atoms with E-state index in [0.29, 0.717) is 12.1 Å². The van der Waals surface area contributed by atoms with E-state index in [-0.39, 0.29) is 18.1 Å². The number of carbonyl (C=O) groups excluding carboxylic acids is 1. The number of nitrogens with zero attached hydrogens (tertiary/aromatic N) is 1. The van der Waals surface area contributed by atoms with Crippen LogP contribution in [0.1, 0.15) is 49.3 Å². The number of rotatable bonds is 8. The Morgan fingerprint density at radius 1 is 1.03 bits per heavy atom. The Morgan fingerprint density at radius 2 is 1.80 bits per heavy atom. The van der Waals surface area contributed by atoms with Crippen LogP contribution in [-0.2, 0) is 6.54 Å². The number of unbranched alkanes of at least 4 members (excludes halogenated alkanes) is 3. The van der Waals surface area contributed by atoms with Crippen LogP contribution in [0.2, 0.25) is 0 Å². The second kappa shape index (κ2) is 10.1. The summed E-state index contributed by atoms with van der Waals surface area (Å²) in [4.78, 5) is 30.5. The van der Waals surface area contributed by atoms with Crippen LogP contribution in [0.5, 0.6) is 0 Å². The van der Waals surface area contributed by atoms with E-state index in [1.807, 2.05) is 56.3 Å². The minimum absolute atomic E-state index is 0.137. The first kappa shape index (κ1) is 21.6. The number of carbonyl (C=O) groups is 1. The highest BCUT2D eigenvalue weighted by Crippen LogP contribution is 2.20. The van der Waals surface area contributed by atoms with Gasteiger partial charge in [0.05, 0.1) is 12.1 Å². The standard InChI is InChI=1S/C25H31N3O2/c1-4-5-6-10-15-28(25(30)26-22-11-8-7-9-12-22)17-21-16-20-14-13-18(2)19(3)23(20)27-24(21)29/h7-9,11-14,16H,4-6,10,15,17H2,1-3H3,(H,26,30)(H,27,29). The van der Waals surface area contributed by atoms with Crippen molar-refractivity contribution in [2.75, 3.05) is 11.9 Å². The van der Waals surface area contributed by atoms with E-state index in [4.69, 9.17) is 0 Å². The number of pyridine rings is 1. The second-order valence-electron chi connectivity index (χ2n) is 7.87. The fraction of sp³-hybridized carbons (Fsp3) is 0.360. The Balaban J connectivity index is 1.84. The molecule has 158 valence electrons. The third kappa shape index (κ3) is 5.29. The maximum absolute atomic E-state index is 13.0. The van der Waals surface area contributed by atoms with Gasteiger partial charge in [-0.2, -0.15) is 0 Å². The summed E-state index contributed by atoms with van der Waals surface area (Å²) >= 11 is 0. The molecule has 5 nitrogen and oxygen atoms in total. The number of nitrogens with one attached hydrogen (secondary N) is 2. The van der Waals surface area contributed by atoms with Crippen molar-refractivity contribution in [1.82, 2.24) is 9.88 Å². The smallest absolute Gasteiger partial charge is 0.321 e. The Labute approximate surface area is 178 Å². The first-order valence-corrected chi connectivity index (χ1v) is 10.7. The number of anilines is 1. The van der Waals surface area contributed by atoms with Gasteiger partial charge in [-0.05, 0) is 55.0 Å². The molecule has 0 bridgehead atoms. The minimum Gasteiger partial charge on any atom is -0.321 e. The van der Waals surface area contributed by atoms with Gasteiger partial charge in [-0.15, -0.1) is 0 Å². The maximum Gasteiger partial charge on any atom is 0.322 e. The van der Waals surface area contributed by atoms with Gasteiger partial charge in [-0.1, -0.05) is 56.5 Å². The number of amides is 2.